The van der Waals surface area contributed by atoms with E-state index in [9.17, 15) is 0 Å². The fourth-order valence-corrected chi connectivity index (χ4v) is 0. The molecule has 6 nitrogen and oxygen atoms in total. The van der Waals surface area contributed by atoms with E-state index in [0.29, 0.717) is 13.1 Å². The Morgan fingerprint density at radius 1 is 1.30 bits per heavy atom. The first kappa shape index (κ1) is 16.7. The van der Waals surface area contributed by atoms with Crippen molar-refractivity contribution in [1.29, 1.82) is 0 Å². The van der Waals surface area contributed by atoms with E-state index in [2.05, 4.69) is 0 Å². The molecule has 10 heavy (non-hydrogen) atoms. The summed E-state index contributed by atoms with van der Waals surface area (Å²) in [5, 5.41) is 0. The minimum Gasteiger partial charge on any atom is -0.726 e. The van der Waals surface area contributed by atoms with Gasteiger partial charge in [-0.1, -0.05) is 0 Å². The van der Waals surface area contributed by atoms with E-state index in [0.717, 1.165) is 0 Å². The van der Waals surface area contributed by atoms with Gasteiger partial charge in [-0.3, -0.25) is 4.55 Å². The molecule has 0 aromatic carbocycles. The van der Waals surface area contributed by atoms with Crippen LogP contribution in [0.1, 0.15) is 0 Å². The third-order valence-corrected chi connectivity index (χ3v) is 0.167. The molecule has 0 unspecified atom stereocenters. The average molecular weight is 221 g/mol. The third-order valence-electron chi connectivity index (χ3n) is 0.167. The molecule has 0 radical (unpaired) electrons. The first-order chi connectivity index (χ1) is 3.91. The summed E-state index contributed by atoms with van der Waals surface area (Å²) in [4.78, 5) is 0. The summed E-state index contributed by atoms with van der Waals surface area (Å²) < 4.78 is 32.8. The Morgan fingerprint density at radius 2 is 1.40 bits per heavy atom. The molecular formula is C2H9CuN2O4S. The summed E-state index contributed by atoms with van der Waals surface area (Å²) >= 11 is 0. The first-order valence-electron chi connectivity index (χ1n) is 2.00. The van der Waals surface area contributed by atoms with E-state index in [1.807, 2.05) is 0 Å². The topological polar surface area (TPSA) is 129 Å². The molecule has 8 heteroatoms. The van der Waals surface area contributed by atoms with Crippen LogP contribution >= 0.6 is 0 Å². The third kappa shape index (κ3) is 259. The second-order valence-electron chi connectivity index (χ2n) is 1.01. The molecule has 0 rings (SSSR count). The zero-order valence-corrected chi connectivity index (χ0v) is 6.71. The molecule has 0 aromatic heterocycles. The quantitative estimate of drug-likeness (QED) is 0.264. The van der Waals surface area contributed by atoms with Crippen molar-refractivity contribution >= 4 is 10.4 Å². The Balaban J connectivity index is -0.0000000910. The van der Waals surface area contributed by atoms with Crippen LogP contribution in [-0.2, 0) is 27.5 Å². The van der Waals surface area contributed by atoms with Gasteiger partial charge in [0.1, 0.15) is 0 Å². The van der Waals surface area contributed by atoms with Crippen LogP contribution < -0.4 is 11.5 Å². The monoisotopic (exact) mass is 220 g/mol. The van der Waals surface area contributed by atoms with Gasteiger partial charge in [0.25, 0.3) is 0 Å². The van der Waals surface area contributed by atoms with Gasteiger partial charge in [-0.05, 0) is 0 Å². The molecule has 0 aliphatic rings. The van der Waals surface area contributed by atoms with Crippen LogP contribution in [0.25, 0.3) is 0 Å². The predicted octanol–water partition coefficient (Wildman–Crippen LogP) is -2.09. The first-order valence-corrected chi connectivity index (χ1v) is 3.36. The Hall–Kier alpha value is 0.309. The van der Waals surface area contributed by atoms with Gasteiger partial charge in [0.15, 0.2) is 0 Å². The fourth-order valence-electron chi connectivity index (χ4n) is 0. The molecule has 0 saturated heterocycles. The fraction of sp³-hybridized carbons (Fsp3) is 1.00. The summed E-state index contributed by atoms with van der Waals surface area (Å²) in [6, 6.07) is 0. The number of hydrogen-bond acceptors (Lipinski definition) is 5. The molecular weight excluding hydrogens is 212 g/mol. The maximum Gasteiger partial charge on any atom is 1.00 e. The molecule has 0 saturated carbocycles. The number of nitrogens with two attached hydrogens (primary N) is 2. The largest absolute Gasteiger partial charge is 1.00 e. The van der Waals surface area contributed by atoms with E-state index in [1.165, 1.54) is 0 Å². The molecule has 5 N–H and O–H groups in total. The predicted molar refractivity (Wildman–Crippen MR) is 30.4 cm³/mol. The smallest absolute Gasteiger partial charge is 0.726 e. The maximum absolute atomic E-state index is 8.63. The van der Waals surface area contributed by atoms with E-state index >= 15 is 0 Å². The number of rotatable bonds is 1. The van der Waals surface area contributed by atoms with Gasteiger partial charge in [-0.25, -0.2) is 8.42 Å². The zero-order chi connectivity index (χ0) is 7.91. The van der Waals surface area contributed by atoms with Crippen LogP contribution in [0.5, 0.6) is 0 Å². The van der Waals surface area contributed by atoms with Gasteiger partial charge in [0.05, 0.1) is 0 Å². The van der Waals surface area contributed by atoms with Crippen molar-refractivity contribution in [2.45, 2.75) is 0 Å². The molecule has 0 bridgehead atoms. The minimum atomic E-state index is -4.92. The van der Waals surface area contributed by atoms with Gasteiger partial charge < -0.3 is 16.0 Å². The molecule has 0 heterocycles. The Labute approximate surface area is 70.0 Å². The second-order valence-corrected chi connectivity index (χ2v) is 1.86. The Kier molecular flexibility index (Phi) is 15.6. The summed E-state index contributed by atoms with van der Waals surface area (Å²) in [5.74, 6) is 0. The molecule has 0 atom stereocenters. The normalized spacial score (nSPS) is 8.80. The average Bonchev–Trinajstić information content (AvgIpc) is 1.61. The molecule has 68 valence electrons. The van der Waals surface area contributed by atoms with Gasteiger partial charge >= 0.3 is 17.1 Å². The van der Waals surface area contributed by atoms with E-state index < -0.39 is 10.4 Å². The van der Waals surface area contributed by atoms with Crippen molar-refractivity contribution in [2.24, 2.45) is 11.5 Å². The van der Waals surface area contributed by atoms with Crippen molar-refractivity contribution in [3.05, 3.63) is 0 Å². The van der Waals surface area contributed by atoms with Crippen LogP contribution in [0.2, 0.25) is 0 Å². The van der Waals surface area contributed by atoms with Crippen LogP contribution in [0.4, 0.5) is 0 Å². The van der Waals surface area contributed by atoms with Gasteiger partial charge in [0, 0.05) is 13.1 Å². The van der Waals surface area contributed by atoms with Gasteiger partial charge in [-0.2, -0.15) is 0 Å². The Bertz CT molecular complexity index is 124. The molecule has 0 spiro atoms. The van der Waals surface area contributed by atoms with Gasteiger partial charge in [-0.15, -0.1) is 0 Å². The van der Waals surface area contributed by atoms with Crippen molar-refractivity contribution < 1.29 is 34.6 Å². The molecule has 0 fully saturated rings. The van der Waals surface area contributed by atoms with E-state index in [4.69, 9.17) is 29.0 Å². The zero-order valence-electron chi connectivity index (χ0n) is 4.95. The summed E-state index contributed by atoms with van der Waals surface area (Å²) in [7, 11) is -4.92. The van der Waals surface area contributed by atoms with E-state index in [1.54, 1.807) is 0 Å². The molecule has 0 aliphatic heterocycles. The maximum atomic E-state index is 8.63. The number of hydrogen-bond donors (Lipinski definition) is 3. The second kappa shape index (κ2) is 9.31. The SMILES string of the molecule is NCCN.O=S(=O)([O-])O.[Cu+]. The van der Waals surface area contributed by atoms with Crippen molar-refractivity contribution in [2.75, 3.05) is 13.1 Å². The standard InChI is InChI=1S/C2H8N2.Cu.H2O4S/c3-1-2-4;;1-5(2,3)4/h1-4H2;;(H2,1,2,3,4)/q;+1;/p-1. The minimum absolute atomic E-state index is 0. The van der Waals surface area contributed by atoms with Gasteiger partial charge in [0.2, 0.25) is 10.4 Å². The Morgan fingerprint density at radius 3 is 1.40 bits per heavy atom. The molecule has 0 aromatic rings. The van der Waals surface area contributed by atoms with Crippen LogP contribution in [0.15, 0.2) is 0 Å². The van der Waals surface area contributed by atoms with Crippen LogP contribution in [-0.4, -0.2) is 30.6 Å². The van der Waals surface area contributed by atoms with Crippen molar-refractivity contribution in [1.82, 2.24) is 0 Å². The molecule has 0 amide bonds. The summed E-state index contributed by atoms with van der Waals surface area (Å²) in [6.07, 6.45) is 0. The van der Waals surface area contributed by atoms with E-state index in [-0.39, 0.29) is 17.1 Å². The molecule has 0 aliphatic carbocycles. The summed E-state index contributed by atoms with van der Waals surface area (Å²) in [5.41, 5.74) is 9.81. The van der Waals surface area contributed by atoms with Crippen LogP contribution in [0, 0.1) is 0 Å². The van der Waals surface area contributed by atoms with Crippen LogP contribution in [0.3, 0.4) is 0 Å². The van der Waals surface area contributed by atoms with Crippen molar-refractivity contribution in [3.63, 3.8) is 0 Å². The summed E-state index contributed by atoms with van der Waals surface area (Å²) in [6.45, 7) is 1.19. The van der Waals surface area contributed by atoms with Crippen molar-refractivity contribution in [3.8, 4) is 0 Å².